The summed E-state index contributed by atoms with van der Waals surface area (Å²) in [5.41, 5.74) is 0. The maximum atomic E-state index is 8.90. The van der Waals surface area contributed by atoms with E-state index in [1.54, 1.807) is 0 Å². The predicted octanol–water partition coefficient (Wildman–Crippen LogP) is 1.33. The van der Waals surface area contributed by atoms with E-state index in [0.29, 0.717) is 6.10 Å². The Hall–Kier alpha value is -0.0800. The Bertz CT molecular complexity index is 83.3. The first-order chi connectivity index (χ1) is 4.79. The molecule has 0 amide bonds. The maximum absolute atomic E-state index is 8.90. The number of ether oxygens (including phenoxy) is 1. The minimum Gasteiger partial charge on any atom is -0.393 e. The van der Waals surface area contributed by atoms with Crippen LogP contribution in [0.1, 0.15) is 32.6 Å². The third kappa shape index (κ3) is 3.85. The monoisotopic (exact) mass is 144 g/mol. The summed E-state index contributed by atoms with van der Waals surface area (Å²) in [6.45, 7) is 2.81. The van der Waals surface area contributed by atoms with Gasteiger partial charge in [-0.05, 0) is 19.8 Å². The summed E-state index contributed by atoms with van der Waals surface area (Å²) >= 11 is 0. The van der Waals surface area contributed by atoms with E-state index in [0.717, 1.165) is 19.4 Å². The SMILES string of the molecule is CC(O)CCCCC1CO1. The van der Waals surface area contributed by atoms with Crippen LogP contribution in [0.5, 0.6) is 0 Å². The van der Waals surface area contributed by atoms with Crippen LogP contribution in [0.15, 0.2) is 0 Å². The lowest BCUT2D eigenvalue weighted by atomic mass is 10.1. The molecule has 1 rings (SSSR count). The molecule has 0 aromatic heterocycles. The molecule has 1 aliphatic rings. The van der Waals surface area contributed by atoms with Gasteiger partial charge in [0.1, 0.15) is 0 Å². The minimum absolute atomic E-state index is 0.125. The number of rotatable bonds is 5. The zero-order chi connectivity index (χ0) is 7.40. The van der Waals surface area contributed by atoms with E-state index >= 15 is 0 Å². The molecule has 1 fully saturated rings. The van der Waals surface area contributed by atoms with Crippen LogP contribution in [0.4, 0.5) is 0 Å². The van der Waals surface area contributed by atoms with Crippen LogP contribution in [0.25, 0.3) is 0 Å². The van der Waals surface area contributed by atoms with Gasteiger partial charge in [0.2, 0.25) is 0 Å². The van der Waals surface area contributed by atoms with Gasteiger partial charge in [0.25, 0.3) is 0 Å². The summed E-state index contributed by atoms with van der Waals surface area (Å²) in [5.74, 6) is 0. The van der Waals surface area contributed by atoms with Gasteiger partial charge in [0.15, 0.2) is 0 Å². The highest BCUT2D eigenvalue weighted by molar-refractivity contribution is 4.68. The van der Waals surface area contributed by atoms with E-state index < -0.39 is 0 Å². The van der Waals surface area contributed by atoms with Gasteiger partial charge in [-0.15, -0.1) is 0 Å². The van der Waals surface area contributed by atoms with E-state index in [-0.39, 0.29) is 6.10 Å². The number of unbranched alkanes of at least 4 members (excludes halogenated alkanes) is 1. The Labute approximate surface area is 62.2 Å². The van der Waals surface area contributed by atoms with Gasteiger partial charge in [-0.3, -0.25) is 0 Å². The lowest BCUT2D eigenvalue weighted by Gasteiger charge is -2.01. The molecule has 2 nitrogen and oxygen atoms in total. The molecule has 1 aliphatic heterocycles. The molecular formula is C8H16O2. The predicted molar refractivity (Wildman–Crippen MR) is 39.9 cm³/mol. The molecule has 0 radical (unpaired) electrons. The molecule has 1 N–H and O–H groups in total. The molecule has 0 saturated carbocycles. The molecule has 2 heteroatoms. The number of aliphatic hydroxyl groups excluding tert-OH is 1. The van der Waals surface area contributed by atoms with Gasteiger partial charge in [-0.25, -0.2) is 0 Å². The minimum atomic E-state index is -0.125. The summed E-state index contributed by atoms with van der Waals surface area (Å²) < 4.78 is 5.05. The van der Waals surface area contributed by atoms with E-state index in [1.807, 2.05) is 6.92 Å². The average molecular weight is 144 g/mol. The molecule has 2 atom stereocenters. The summed E-state index contributed by atoms with van der Waals surface area (Å²) in [4.78, 5) is 0. The standard InChI is InChI=1S/C8H16O2/c1-7(9)4-2-3-5-8-6-10-8/h7-9H,2-6H2,1H3. The number of hydrogen-bond donors (Lipinski definition) is 1. The number of aliphatic hydroxyl groups is 1. The molecule has 2 unspecified atom stereocenters. The smallest absolute Gasteiger partial charge is 0.0810 e. The molecule has 0 aromatic carbocycles. The van der Waals surface area contributed by atoms with Crippen molar-refractivity contribution < 1.29 is 9.84 Å². The molecule has 0 aliphatic carbocycles. The number of epoxide rings is 1. The molecular weight excluding hydrogens is 128 g/mol. The molecule has 1 heterocycles. The largest absolute Gasteiger partial charge is 0.393 e. The Morgan fingerprint density at radius 1 is 1.60 bits per heavy atom. The fourth-order valence-electron chi connectivity index (χ4n) is 1.05. The van der Waals surface area contributed by atoms with Crippen LogP contribution in [0, 0.1) is 0 Å². The molecule has 0 spiro atoms. The first-order valence-corrected chi connectivity index (χ1v) is 4.08. The number of hydrogen-bond acceptors (Lipinski definition) is 2. The van der Waals surface area contributed by atoms with Gasteiger partial charge in [-0.2, -0.15) is 0 Å². The summed E-state index contributed by atoms with van der Waals surface area (Å²) in [6, 6.07) is 0. The van der Waals surface area contributed by atoms with Crippen molar-refractivity contribution in [3.05, 3.63) is 0 Å². The highest BCUT2D eigenvalue weighted by Gasteiger charge is 2.20. The van der Waals surface area contributed by atoms with Crippen molar-refractivity contribution in [2.75, 3.05) is 6.61 Å². The molecule has 1 saturated heterocycles. The Morgan fingerprint density at radius 2 is 2.30 bits per heavy atom. The van der Waals surface area contributed by atoms with Gasteiger partial charge in [0, 0.05) is 0 Å². The lowest BCUT2D eigenvalue weighted by Crippen LogP contribution is -1.98. The van der Waals surface area contributed by atoms with Crippen LogP contribution in [-0.4, -0.2) is 23.9 Å². The fourth-order valence-corrected chi connectivity index (χ4v) is 1.05. The molecule has 60 valence electrons. The van der Waals surface area contributed by atoms with Crippen LogP contribution >= 0.6 is 0 Å². The van der Waals surface area contributed by atoms with E-state index in [4.69, 9.17) is 9.84 Å². The van der Waals surface area contributed by atoms with E-state index in [2.05, 4.69) is 0 Å². The highest BCUT2D eigenvalue weighted by atomic mass is 16.6. The van der Waals surface area contributed by atoms with Crippen molar-refractivity contribution in [2.45, 2.75) is 44.8 Å². The second-order valence-electron chi connectivity index (χ2n) is 3.09. The van der Waals surface area contributed by atoms with Crippen molar-refractivity contribution in [3.63, 3.8) is 0 Å². The molecule has 0 aromatic rings. The quantitative estimate of drug-likeness (QED) is 0.466. The van der Waals surface area contributed by atoms with Crippen molar-refractivity contribution in [3.8, 4) is 0 Å². The highest BCUT2D eigenvalue weighted by Crippen LogP contribution is 2.17. The van der Waals surface area contributed by atoms with Crippen molar-refractivity contribution in [2.24, 2.45) is 0 Å². The molecule has 10 heavy (non-hydrogen) atoms. The Kier molecular flexibility index (Phi) is 3.16. The van der Waals surface area contributed by atoms with Crippen molar-refractivity contribution in [1.82, 2.24) is 0 Å². The van der Waals surface area contributed by atoms with Crippen molar-refractivity contribution >= 4 is 0 Å². The van der Waals surface area contributed by atoms with Crippen LogP contribution in [-0.2, 0) is 4.74 Å². The average Bonchev–Trinajstić information content (AvgIpc) is 2.62. The third-order valence-electron chi connectivity index (χ3n) is 1.80. The van der Waals surface area contributed by atoms with Gasteiger partial charge >= 0.3 is 0 Å². The van der Waals surface area contributed by atoms with Gasteiger partial charge in [-0.1, -0.05) is 12.8 Å². The Morgan fingerprint density at radius 3 is 2.80 bits per heavy atom. The zero-order valence-electron chi connectivity index (χ0n) is 6.55. The topological polar surface area (TPSA) is 32.8 Å². The summed E-state index contributed by atoms with van der Waals surface area (Å²) in [7, 11) is 0. The molecule has 0 bridgehead atoms. The van der Waals surface area contributed by atoms with Gasteiger partial charge in [0.05, 0.1) is 18.8 Å². The first-order valence-electron chi connectivity index (χ1n) is 4.08. The second-order valence-corrected chi connectivity index (χ2v) is 3.09. The fraction of sp³-hybridized carbons (Fsp3) is 1.00. The maximum Gasteiger partial charge on any atom is 0.0810 e. The zero-order valence-corrected chi connectivity index (χ0v) is 6.55. The summed E-state index contributed by atoms with van der Waals surface area (Å²) in [6.07, 6.45) is 4.90. The first kappa shape index (κ1) is 8.02. The van der Waals surface area contributed by atoms with Crippen LogP contribution in [0.3, 0.4) is 0 Å². The van der Waals surface area contributed by atoms with E-state index in [9.17, 15) is 0 Å². The lowest BCUT2D eigenvalue weighted by molar-refractivity contribution is 0.180. The van der Waals surface area contributed by atoms with Crippen LogP contribution in [0.2, 0.25) is 0 Å². The van der Waals surface area contributed by atoms with Crippen molar-refractivity contribution in [1.29, 1.82) is 0 Å². The van der Waals surface area contributed by atoms with Gasteiger partial charge < -0.3 is 9.84 Å². The van der Waals surface area contributed by atoms with E-state index in [1.165, 1.54) is 12.8 Å². The summed E-state index contributed by atoms with van der Waals surface area (Å²) in [5, 5.41) is 8.90. The second kappa shape index (κ2) is 3.94. The normalized spacial score (nSPS) is 26.4. The van der Waals surface area contributed by atoms with Crippen LogP contribution < -0.4 is 0 Å². The Balaban J connectivity index is 1.76. The third-order valence-corrected chi connectivity index (χ3v) is 1.80.